The molecule has 5 heterocycles. The van der Waals surface area contributed by atoms with Crippen LogP contribution in [-0.4, -0.2) is 88.4 Å². The van der Waals surface area contributed by atoms with E-state index in [0.29, 0.717) is 51.8 Å². The number of amides is 1. The molecular weight excluding hydrogens is 489 g/mol. The fraction of sp³-hybridized carbons (Fsp3) is 0.481. The molecule has 2 fully saturated rings. The molecule has 0 saturated carbocycles. The molecular formula is C27H32FN7O3. The van der Waals surface area contributed by atoms with Crippen LogP contribution in [0.4, 0.5) is 14.9 Å². The van der Waals surface area contributed by atoms with Crippen molar-refractivity contribution in [2.75, 3.05) is 51.3 Å². The Labute approximate surface area is 220 Å². The first-order chi connectivity index (χ1) is 18.5. The third kappa shape index (κ3) is 4.71. The molecule has 3 aliphatic heterocycles. The van der Waals surface area contributed by atoms with Crippen LogP contribution in [0.1, 0.15) is 35.8 Å². The van der Waals surface area contributed by atoms with Gasteiger partial charge in [-0.05, 0) is 51.1 Å². The number of ether oxygens (including phenoxy) is 1. The molecule has 11 heteroatoms. The molecule has 10 nitrogen and oxygen atoms in total. The van der Waals surface area contributed by atoms with Crippen molar-refractivity contribution in [1.29, 1.82) is 0 Å². The molecule has 38 heavy (non-hydrogen) atoms. The number of carboxylic acid groups (broad SMARTS) is 1. The maximum Gasteiger partial charge on any atom is 0.407 e. The number of likely N-dealkylation sites (N-methyl/N-ethyl adjacent to an activating group) is 1. The lowest BCUT2D eigenvalue weighted by Crippen LogP contribution is -2.49. The van der Waals surface area contributed by atoms with E-state index in [1.54, 1.807) is 18.5 Å². The van der Waals surface area contributed by atoms with E-state index >= 15 is 0 Å². The summed E-state index contributed by atoms with van der Waals surface area (Å²) in [5, 5.41) is 14.9. The molecule has 0 spiro atoms. The summed E-state index contributed by atoms with van der Waals surface area (Å²) >= 11 is 0. The minimum absolute atomic E-state index is 0.287. The highest BCUT2D eigenvalue weighted by atomic mass is 19.1. The molecule has 3 aliphatic rings. The van der Waals surface area contributed by atoms with Crippen LogP contribution in [0.3, 0.4) is 0 Å². The third-order valence-corrected chi connectivity index (χ3v) is 8.00. The number of rotatable bonds is 5. The molecule has 0 radical (unpaired) electrons. The Bertz CT molecular complexity index is 1360. The van der Waals surface area contributed by atoms with E-state index in [2.05, 4.69) is 27.1 Å². The van der Waals surface area contributed by atoms with Gasteiger partial charge in [-0.25, -0.2) is 9.18 Å². The summed E-state index contributed by atoms with van der Waals surface area (Å²) in [6.07, 6.45) is 5.37. The first-order valence-electron chi connectivity index (χ1n) is 13.2. The number of pyridine rings is 1. The van der Waals surface area contributed by atoms with Gasteiger partial charge in [0.25, 0.3) is 0 Å². The number of aromatic nitrogens is 3. The maximum absolute atomic E-state index is 13.8. The number of nitrogens with zero attached hydrogens (tertiary/aromatic N) is 6. The number of carbonyl (C=O) groups is 1. The summed E-state index contributed by atoms with van der Waals surface area (Å²) in [6, 6.07) is 4.93. The van der Waals surface area contributed by atoms with Crippen LogP contribution < -0.4 is 15.0 Å². The molecule has 6 rings (SSSR count). The van der Waals surface area contributed by atoms with Gasteiger partial charge in [0.2, 0.25) is 0 Å². The van der Waals surface area contributed by atoms with Crippen molar-refractivity contribution in [3.63, 3.8) is 0 Å². The van der Waals surface area contributed by atoms with Crippen LogP contribution in [-0.2, 0) is 13.0 Å². The molecule has 0 bridgehead atoms. The number of nitrogens with one attached hydrogen (secondary N) is 1. The van der Waals surface area contributed by atoms with Crippen LogP contribution in [0.2, 0.25) is 0 Å². The summed E-state index contributed by atoms with van der Waals surface area (Å²) in [5.74, 6) is -0.295. The van der Waals surface area contributed by atoms with Gasteiger partial charge in [-0.15, -0.1) is 0 Å². The molecule has 0 aliphatic carbocycles. The maximum atomic E-state index is 13.8. The number of piperazine rings is 1. The van der Waals surface area contributed by atoms with Crippen molar-refractivity contribution in [3.8, 4) is 6.01 Å². The first-order valence-corrected chi connectivity index (χ1v) is 13.2. The molecule has 200 valence electrons. The summed E-state index contributed by atoms with van der Waals surface area (Å²) in [7, 11) is 2.10. The number of likely N-dealkylation sites (tertiary alicyclic amines) is 1. The van der Waals surface area contributed by atoms with E-state index in [0.717, 1.165) is 52.8 Å². The Morgan fingerprint density at radius 1 is 1.24 bits per heavy atom. The van der Waals surface area contributed by atoms with Gasteiger partial charge in [0.05, 0.1) is 35.9 Å². The highest BCUT2D eigenvalue weighted by molar-refractivity contribution is 5.93. The zero-order chi connectivity index (χ0) is 26.2. The number of halogens is 1. The smallest absolute Gasteiger partial charge is 0.407 e. The van der Waals surface area contributed by atoms with Gasteiger partial charge >= 0.3 is 12.1 Å². The van der Waals surface area contributed by atoms with Crippen LogP contribution in [0.5, 0.6) is 6.01 Å². The predicted molar refractivity (Wildman–Crippen MR) is 140 cm³/mol. The molecule has 1 amide bonds. The molecule has 1 aromatic carbocycles. The van der Waals surface area contributed by atoms with E-state index < -0.39 is 12.1 Å². The monoisotopic (exact) mass is 521 g/mol. The van der Waals surface area contributed by atoms with Gasteiger partial charge in [0.1, 0.15) is 12.4 Å². The van der Waals surface area contributed by atoms with Crippen molar-refractivity contribution in [1.82, 2.24) is 30.1 Å². The molecule has 1 unspecified atom stereocenters. The first kappa shape index (κ1) is 24.7. The lowest BCUT2D eigenvalue weighted by Gasteiger charge is -2.37. The summed E-state index contributed by atoms with van der Waals surface area (Å²) in [6.45, 7) is 4.20. The second-order valence-corrected chi connectivity index (χ2v) is 10.3. The standard InChI is InChI=1S/C27H32FN7O3/c1-33-8-2-3-19(33)16-38-26-31-22-15-34(23-13-30-12-17-11-18(28)4-5-20(17)23)9-6-21(22)25(32-26)24-14-29-7-10-35(24)27(36)37/h4-5,11-13,19,24,29H,2-3,6-10,14-16H2,1H3,(H,36,37)/t19-,24?/m0/s1. The number of fused-ring (bicyclic) bond motifs is 2. The number of benzene rings is 1. The normalized spacial score (nSPS) is 22.1. The fourth-order valence-electron chi connectivity index (χ4n) is 5.90. The van der Waals surface area contributed by atoms with E-state index in [1.807, 2.05) is 0 Å². The van der Waals surface area contributed by atoms with Crippen LogP contribution in [0, 0.1) is 5.82 Å². The summed E-state index contributed by atoms with van der Waals surface area (Å²) in [4.78, 5) is 32.0. The van der Waals surface area contributed by atoms with Crippen LogP contribution in [0.25, 0.3) is 10.8 Å². The minimum Gasteiger partial charge on any atom is -0.465 e. The van der Waals surface area contributed by atoms with Crippen LogP contribution in [0.15, 0.2) is 30.6 Å². The van der Waals surface area contributed by atoms with Crippen molar-refractivity contribution < 1.29 is 19.0 Å². The van der Waals surface area contributed by atoms with Crippen molar-refractivity contribution in [3.05, 3.63) is 53.4 Å². The molecule has 2 saturated heterocycles. The Balaban J connectivity index is 1.36. The van der Waals surface area contributed by atoms with Gasteiger partial charge in [0, 0.05) is 54.8 Å². The second-order valence-electron chi connectivity index (χ2n) is 10.3. The quantitative estimate of drug-likeness (QED) is 0.524. The topological polar surface area (TPSA) is 107 Å². The average molecular weight is 522 g/mol. The minimum atomic E-state index is -0.953. The molecule has 2 aromatic heterocycles. The summed E-state index contributed by atoms with van der Waals surface area (Å²) in [5.41, 5.74) is 3.43. The fourth-order valence-corrected chi connectivity index (χ4v) is 5.90. The molecule has 2 N–H and O–H groups in total. The summed E-state index contributed by atoms with van der Waals surface area (Å²) < 4.78 is 20.0. The third-order valence-electron chi connectivity index (χ3n) is 8.00. The van der Waals surface area contributed by atoms with E-state index in [1.165, 1.54) is 17.0 Å². The average Bonchev–Trinajstić information content (AvgIpc) is 3.35. The second kappa shape index (κ2) is 10.3. The molecule has 2 atom stereocenters. The van der Waals surface area contributed by atoms with E-state index in [4.69, 9.17) is 14.7 Å². The van der Waals surface area contributed by atoms with Gasteiger partial charge in [-0.3, -0.25) is 9.88 Å². The molecule has 3 aromatic rings. The van der Waals surface area contributed by atoms with Gasteiger partial charge in [-0.1, -0.05) is 0 Å². The number of hydrogen-bond acceptors (Lipinski definition) is 8. The highest BCUT2D eigenvalue weighted by Crippen LogP contribution is 2.34. The Morgan fingerprint density at radius 2 is 2.13 bits per heavy atom. The van der Waals surface area contributed by atoms with E-state index in [-0.39, 0.29) is 11.8 Å². The number of hydrogen-bond donors (Lipinski definition) is 2. The highest BCUT2D eigenvalue weighted by Gasteiger charge is 2.34. The van der Waals surface area contributed by atoms with Crippen LogP contribution >= 0.6 is 0 Å². The number of anilines is 1. The zero-order valence-corrected chi connectivity index (χ0v) is 21.4. The van der Waals surface area contributed by atoms with Crippen molar-refractivity contribution in [2.45, 2.75) is 37.9 Å². The predicted octanol–water partition coefficient (Wildman–Crippen LogP) is 2.82. The zero-order valence-electron chi connectivity index (χ0n) is 21.4. The van der Waals surface area contributed by atoms with Gasteiger partial charge in [-0.2, -0.15) is 9.97 Å². The van der Waals surface area contributed by atoms with Crippen molar-refractivity contribution in [2.24, 2.45) is 0 Å². The Kier molecular flexibility index (Phi) is 6.71. The Morgan fingerprint density at radius 3 is 2.95 bits per heavy atom. The van der Waals surface area contributed by atoms with Crippen molar-refractivity contribution >= 4 is 22.6 Å². The largest absolute Gasteiger partial charge is 0.465 e. The Hall–Kier alpha value is -3.57. The van der Waals surface area contributed by atoms with E-state index in [9.17, 15) is 14.3 Å². The lowest BCUT2D eigenvalue weighted by molar-refractivity contribution is 0.110. The lowest BCUT2D eigenvalue weighted by atomic mass is 9.96. The SMILES string of the molecule is CN1CCC[C@H]1COc1nc2c(c(C3CNCCN3C(=O)O)n1)CCN(c1cncc3cc(F)ccc13)C2. The van der Waals surface area contributed by atoms with Gasteiger partial charge in [0.15, 0.2) is 0 Å². The van der Waals surface area contributed by atoms with Gasteiger partial charge < -0.3 is 25.0 Å².